The van der Waals surface area contributed by atoms with Crippen molar-refractivity contribution in [2.75, 3.05) is 6.61 Å². The molecule has 5 nitrogen and oxygen atoms in total. The number of aliphatic hydroxyl groups is 1. The molecule has 0 saturated heterocycles. The molecule has 0 rings (SSSR count). The van der Waals surface area contributed by atoms with Crippen LogP contribution in [-0.4, -0.2) is 47.1 Å². The smallest absolute Gasteiger partial charge is 0.383 e. The van der Waals surface area contributed by atoms with Gasteiger partial charge >= 0.3 is 18.3 Å². The Hall–Kier alpha value is -1.38. The molecule has 1 unspecified atom stereocenters. The molecule has 0 bridgehead atoms. The molecule has 0 aliphatic carbocycles. The van der Waals surface area contributed by atoms with Crippen molar-refractivity contribution in [1.29, 1.82) is 0 Å². The number of carboxylic acids is 1. The number of rotatable bonds is 5. The molecule has 0 aromatic heterocycles. The fourth-order valence-corrected chi connectivity index (χ4v) is 0.539. The van der Waals surface area contributed by atoms with E-state index < -0.39 is 36.9 Å². The number of carbonyl (C=O) groups excluding carboxylic acids is 1. The van der Waals surface area contributed by atoms with E-state index in [-0.39, 0.29) is 0 Å². The SMILES string of the molecule is O=C(O)C(CO)NC(=O)C(F)(F)C(F)F. The summed E-state index contributed by atoms with van der Waals surface area (Å²) in [4.78, 5) is 20.6. The highest BCUT2D eigenvalue weighted by Gasteiger charge is 2.49. The van der Waals surface area contributed by atoms with Gasteiger partial charge in [0.05, 0.1) is 6.61 Å². The zero-order valence-corrected chi connectivity index (χ0v) is 7.08. The topological polar surface area (TPSA) is 86.6 Å². The average molecular weight is 233 g/mol. The summed E-state index contributed by atoms with van der Waals surface area (Å²) in [5, 5.41) is 17.6. The van der Waals surface area contributed by atoms with Crippen LogP contribution in [-0.2, 0) is 9.59 Å². The third kappa shape index (κ3) is 3.35. The summed E-state index contributed by atoms with van der Waals surface area (Å²) in [5.74, 6) is -9.24. The van der Waals surface area contributed by atoms with Crippen LogP contribution in [0.1, 0.15) is 0 Å². The third-order valence-electron chi connectivity index (χ3n) is 1.36. The highest BCUT2D eigenvalue weighted by atomic mass is 19.3. The number of aliphatic hydroxyl groups excluding tert-OH is 1. The third-order valence-corrected chi connectivity index (χ3v) is 1.36. The molecule has 0 saturated carbocycles. The number of halogens is 4. The normalized spacial score (nSPS) is 13.7. The quantitative estimate of drug-likeness (QED) is 0.556. The number of aliphatic carboxylic acids is 1. The standard InChI is InChI=1S/C6H7F4NO4/c7-4(8)6(9,10)5(15)11-2(1-12)3(13)14/h2,4,12H,1H2,(H,11,15)(H,13,14). The molecule has 3 N–H and O–H groups in total. The van der Waals surface area contributed by atoms with Crippen LogP contribution in [0.15, 0.2) is 0 Å². The molecular weight excluding hydrogens is 226 g/mol. The van der Waals surface area contributed by atoms with Crippen molar-refractivity contribution in [2.45, 2.75) is 18.4 Å². The van der Waals surface area contributed by atoms with E-state index in [1.165, 1.54) is 0 Å². The maximum Gasteiger partial charge on any atom is 0.383 e. The van der Waals surface area contributed by atoms with E-state index in [9.17, 15) is 27.2 Å². The molecule has 15 heavy (non-hydrogen) atoms. The summed E-state index contributed by atoms with van der Waals surface area (Å²) < 4.78 is 47.7. The Morgan fingerprint density at radius 1 is 1.33 bits per heavy atom. The summed E-state index contributed by atoms with van der Waals surface area (Å²) in [5.41, 5.74) is 0. The lowest BCUT2D eigenvalue weighted by atomic mass is 10.2. The molecule has 0 aromatic carbocycles. The van der Waals surface area contributed by atoms with Crippen molar-refractivity contribution in [3.8, 4) is 0 Å². The molecule has 0 fully saturated rings. The van der Waals surface area contributed by atoms with Crippen LogP contribution in [0.4, 0.5) is 17.6 Å². The average Bonchev–Trinajstić information content (AvgIpc) is 2.12. The van der Waals surface area contributed by atoms with Crippen LogP contribution in [0.25, 0.3) is 0 Å². The number of nitrogens with one attached hydrogen (secondary N) is 1. The van der Waals surface area contributed by atoms with Crippen molar-refractivity contribution in [2.24, 2.45) is 0 Å². The van der Waals surface area contributed by atoms with E-state index in [0.29, 0.717) is 0 Å². The summed E-state index contributed by atoms with van der Waals surface area (Å²) in [7, 11) is 0. The first kappa shape index (κ1) is 13.6. The zero-order valence-electron chi connectivity index (χ0n) is 7.08. The number of amides is 1. The van der Waals surface area contributed by atoms with Gasteiger partial charge < -0.3 is 15.5 Å². The minimum Gasteiger partial charge on any atom is -0.480 e. The Kier molecular flexibility index (Phi) is 4.46. The molecule has 1 atom stereocenters. The zero-order chi connectivity index (χ0) is 12.2. The van der Waals surface area contributed by atoms with Crippen LogP contribution >= 0.6 is 0 Å². The molecule has 0 radical (unpaired) electrons. The minimum atomic E-state index is -4.98. The summed E-state index contributed by atoms with van der Waals surface area (Å²) in [6, 6.07) is -2.04. The van der Waals surface area contributed by atoms with Crippen molar-refractivity contribution in [1.82, 2.24) is 5.32 Å². The van der Waals surface area contributed by atoms with Gasteiger partial charge in [-0.2, -0.15) is 8.78 Å². The van der Waals surface area contributed by atoms with Gasteiger partial charge in [0, 0.05) is 0 Å². The van der Waals surface area contributed by atoms with Crippen molar-refractivity contribution >= 4 is 11.9 Å². The predicted octanol–water partition coefficient (Wildman–Crippen LogP) is -0.551. The Balaban J connectivity index is 4.54. The van der Waals surface area contributed by atoms with Crippen molar-refractivity contribution in [3.63, 3.8) is 0 Å². The van der Waals surface area contributed by atoms with E-state index in [4.69, 9.17) is 10.2 Å². The monoisotopic (exact) mass is 233 g/mol. The molecule has 9 heteroatoms. The second-order valence-corrected chi connectivity index (χ2v) is 2.47. The highest BCUT2D eigenvalue weighted by Crippen LogP contribution is 2.22. The number of hydrogen-bond acceptors (Lipinski definition) is 3. The van der Waals surface area contributed by atoms with Gasteiger partial charge in [-0.1, -0.05) is 0 Å². The van der Waals surface area contributed by atoms with Gasteiger partial charge in [-0.3, -0.25) is 4.79 Å². The molecule has 0 aliphatic rings. The molecule has 0 spiro atoms. The molecule has 0 aromatic rings. The van der Waals surface area contributed by atoms with Gasteiger partial charge in [-0.05, 0) is 0 Å². The van der Waals surface area contributed by atoms with E-state index >= 15 is 0 Å². The van der Waals surface area contributed by atoms with Gasteiger partial charge in [-0.25, -0.2) is 13.6 Å². The molecule has 0 heterocycles. The Bertz CT molecular complexity index is 258. The fraction of sp³-hybridized carbons (Fsp3) is 0.667. The second kappa shape index (κ2) is 4.91. The number of carboxylic acid groups (broad SMARTS) is 1. The fourth-order valence-electron chi connectivity index (χ4n) is 0.539. The number of alkyl halides is 4. The predicted molar refractivity (Wildman–Crippen MR) is 37.6 cm³/mol. The molecule has 0 aliphatic heterocycles. The van der Waals surface area contributed by atoms with Crippen LogP contribution in [0.2, 0.25) is 0 Å². The van der Waals surface area contributed by atoms with Gasteiger partial charge in [0.1, 0.15) is 0 Å². The van der Waals surface area contributed by atoms with Gasteiger partial charge in [-0.15, -0.1) is 0 Å². The van der Waals surface area contributed by atoms with Crippen LogP contribution < -0.4 is 5.32 Å². The number of hydrogen-bond donors (Lipinski definition) is 3. The van der Waals surface area contributed by atoms with Crippen molar-refractivity contribution in [3.05, 3.63) is 0 Å². The molecule has 88 valence electrons. The highest BCUT2D eigenvalue weighted by molar-refractivity contribution is 5.88. The lowest BCUT2D eigenvalue weighted by molar-refractivity contribution is -0.172. The van der Waals surface area contributed by atoms with Gasteiger partial charge in [0.2, 0.25) is 0 Å². The second-order valence-electron chi connectivity index (χ2n) is 2.47. The first-order valence-electron chi connectivity index (χ1n) is 3.54. The molecule has 1 amide bonds. The summed E-state index contributed by atoms with van der Waals surface area (Å²) in [6.45, 7) is -1.18. The first-order valence-corrected chi connectivity index (χ1v) is 3.54. The van der Waals surface area contributed by atoms with E-state index in [1.807, 2.05) is 0 Å². The largest absolute Gasteiger partial charge is 0.480 e. The van der Waals surface area contributed by atoms with Crippen LogP contribution in [0, 0.1) is 0 Å². The summed E-state index contributed by atoms with van der Waals surface area (Å²) >= 11 is 0. The lowest BCUT2D eigenvalue weighted by Crippen LogP contribution is -2.52. The van der Waals surface area contributed by atoms with Gasteiger partial charge in [0.15, 0.2) is 6.04 Å². The first-order chi connectivity index (χ1) is 6.73. The molecular formula is C6H7F4NO4. The van der Waals surface area contributed by atoms with Crippen LogP contribution in [0.5, 0.6) is 0 Å². The maximum atomic E-state index is 12.3. The number of carbonyl (C=O) groups is 2. The maximum absolute atomic E-state index is 12.3. The Labute approximate surface area is 80.7 Å². The van der Waals surface area contributed by atoms with E-state index in [2.05, 4.69) is 0 Å². The van der Waals surface area contributed by atoms with Crippen LogP contribution in [0.3, 0.4) is 0 Å². The van der Waals surface area contributed by atoms with E-state index in [0.717, 1.165) is 5.32 Å². The Morgan fingerprint density at radius 3 is 2.07 bits per heavy atom. The van der Waals surface area contributed by atoms with Crippen molar-refractivity contribution < 1.29 is 37.4 Å². The van der Waals surface area contributed by atoms with E-state index in [1.54, 1.807) is 0 Å². The Morgan fingerprint density at radius 2 is 1.80 bits per heavy atom. The summed E-state index contributed by atoms with van der Waals surface area (Å²) in [6.07, 6.45) is -4.24. The van der Waals surface area contributed by atoms with Gasteiger partial charge in [0.25, 0.3) is 5.91 Å². The lowest BCUT2D eigenvalue weighted by Gasteiger charge is -2.17. The minimum absolute atomic E-state index is 1.07.